The second-order valence-corrected chi connectivity index (χ2v) is 4.86. The average molecular weight is 300 g/mol. The van der Waals surface area contributed by atoms with Gasteiger partial charge in [0.15, 0.2) is 0 Å². The van der Waals surface area contributed by atoms with Crippen molar-refractivity contribution in [2.24, 2.45) is 0 Å². The summed E-state index contributed by atoms with van der Waals surface area (Å²) in [6.07, 6.45) is 0. The van der Waals surface area contributed by atoms with Crippen molar-refractivity contribution < 1.29 is 14.0 Å². The molecule has 0 saturated heterocycles. The molecule has 2 aromatic rings. The highest BCUT2D eigenvalue weighted by molar-refractivity contribution is 5.95. The summed E-state index contributed by atoms with van der Waals surface area (Å²) < 4.78 is 13.4. The molecule has 0 fully saturated rings. The van der Waals surface area contributed by atoms with Gasteiger partial charge in [-0.3, -0.25) is 9.59 Å². The van der Waals surface area contributed by atoms with E-state index in [1.807, 2.05) is 19.1 Å². The van der Waals surface area contributed by atoms with Gasteiger partial charge >= 0.3 is 0 Å². The molecule has 22 heavy (non-hydrogen) atoms. The van der Waals surface area contributed by atoms with Crippen molar-refractivity contribution in [2.75, 3.05) is 13.1 Å². The summed E-state index contributed by atoms with van der Waals surface area (Å²) in [5, 5.41) is 5.26. The number of benzene rings is 2. The van der Waals surface area contributed by atoms with Crippen molar-refractivity contribution in [3.8, 4) is 0 Å². The number of carbonyl (C=O) groups excluding carboxylic acids is 2. The highest BCUT2D eigenvalue weighted by Gasteiger charge is 2.10. The minimum Gasteiger partial charge on any atom is -0.350 e. The Morgan fingerprint density at radius 3 is 2.32 bits per heavy atom. The summed E-state index contributed by atoms with van der Waals surface area (Å²) in [5.74, 6) is -1.27. The maximum Gasteiger partial charge on any atom is 0.254 e. The first-order valence-electron chi connectivity index (χ1n) is 6.95. The molecule has 0 spiro atoms. The fourth-order valence-corrected chi connectivity index (χ4v) is 1.98. The normalized spacial score (nSPS) is 10.1. The van der Waals surface area contributed by atoms with Crippen LogP contribution in [-0.4, -0.2) is 24.9 Å². The zero-order valence-corrected chi connectivity index (χ0v) is 12.2. The van der Waals surface area contributed by atoms with E-state index in [0.717, 1.165) is 5.56 Å². The van der Waals surface area contributed by atoms with Crippen molar-refractivity contribution in [1.82, 2.24) is 10.6 Å². The van der Waals surface area contributed by atoms with Crippen LogP contribution in [0.25, 0.3) is 0 Å². The van der Waals surface area contributed by atoms with E-state index in [0.29, 0.717) is 5.56 Å². The molecule has 2 rings (SSSR count). The van der Waals surface area contributed by atoms with Crippen LogP contribution >= 0.6 is 0 Å². The molecule has 0 aliphatic carbocycles. The molecule has 0 unspecified atom stereocenters. The van der Waals surface area contributed by atoms with Gasteiger partial charge in [0.25, 0.3) is 11.8 Å². The highest BCUT2D eigenvalue weighted by atomic mass is 19.1. The first-order valence-corrected chi connectivity index (χ1v) is 6.95. The third kappa shape index (κ3) is 4.15. The molecule has 0 atom stereocenters. The summed E-state index contributed by atoms with van der Waals surface area (Å²) in [6.45, 7) is 2.41. The molecule has 2 amide bonds. The molecule has 0 radical (unpaired) electrons. The highest BCUT2D eigenvalue weighted by Crippen LogP contribution is 2.05. The first-order chi connectivity index (χ1) is 10.6. The van der Waals surface area contributed by atoms with Gasteiger partial charge in [0, 0.05) is 18.7 Å². The fourth-order valence-electron chi connectivity index (χ4n) is 1.98. The Morgan fingerprint density at radius 1 is 0.955 bits per heavy atom. The summed E-state index contributed by atoms with van der Waals surface area (Å²) in [7, 11) is 0. The number of hydrogen-bond acceptors (Lipinski definition) is 2. The van der Waals surface area contributed by atoms with E-state index < -0.39 is 11.7 Å². The van der Waals surface area contributed by atoms with Crippen molar-refractivity contribution >= 4 is 11.8 Å². The van der Waals surface area contributed by atoms with E-state index in [4.69, 9.17) is 0 Å². The number of halogens is 1. The van der Waals surface area contributed by atoms with Gasteiger partial charge in [-0.1, -0.05) is 29.8 Å². The summed E-state index contributed by atoms with van der Waals surface area (Å²) in [4.78, 5) is 23.6. The second-order valence-electron chi connectivity index (χ2n) is 4.86. The quantitative estimate of drug-likeness (QED) is 0.832. The minimum absolute atomic E-state index is 0.00693. The maximum absolute atomic E-state index is 13.4. The van der Waals surface area contributed by atoms with Crippen LogP contribution in [0.1, 0.15) is 26.3 Å². The van der Waals surface area contributed by atoms with Crippen LogP contribution in [0.2, 0.25) is 0 Å². The lowest BCUT2D eigenvalue weighted by Gasteiger charge is -2.08. The lowest BCUT2D eigenvalue weighted by Crippen LogP contribution is -2.35. The van der Waals surface area contributed by atoms with Crippen molar-refractivity contribution in [1.29, 1.82) is 0 Å². The number of aryl methyl sites for hydroxylation is 1. The van der Waals surface area contributed by atoms with Crippen LogP contribution in [0.4, 0.5) is 4.39 Å². The smallest absolute Gasteiger partial charge is 0.254 e. The molecule has 2 N–H and O–H groups in total. The Morgan fingerprint density at radius 2 is 1.64 bits per heavy atom. The van der Waals surface area contributed by atoms with Crippen molar-refractivity contribution in [3.05, 3.63) is 71.0 Å². The van der Waals surface area contributed by atoms with Crippen LogP contribution < -0.4 is 10.6 Å². The molecule has 4 nitrogen and oxygen atoms in total. The fraction of sp³-hybridized carbons (Fsp3) is 0.176. The predicted molar refractivity (Wildman–Crippen MR) is 82.2 cm³/mol. The standard InChI is InChI=1S/C17H17FN2O2/c1-12-5-4-6-13(11-12)16(21)19-9-10-20-17(22)14-7-2-3-8-15(14)18/h2-8,11H,9-10H2,1H3,(H,19,21)(H,20,22). The zero-order valence-electron chi connectivity index (χ0n) is 12.2. The van der Waals surface area contributed by atoms with Gasteiger partial charge in [0.05, 0.1) is 5.56 Å². The third-order valence-electron chi connectivity index (χ3n) is 3.09. The lowest BCUT2D eigenvalue weighted by atomic mass is 10.1. The summed E-state index contributed by atoms with van der Waals surface area (Å²) in [5.41, 5.74) is 1.56. The van der Waals surface area contributed by atoms with Crippen LogP contribution in [0.15, 0.2) is 48.5 Å². The van der Waals surface area contributed by atoms with Crippen LogP contribution in [0, 0.1) is 12.7 Å². The molecule has 0 aromatic heterocycles. The Bertz CT molecular complexity index is 686. The summed E-state index contributed by atoms with van der Waals surface area (Å²) >= 11 is 0. The van der Waals surface area contributed by atoms with Gasteiger partial charge in [-0.05, 0) is 31.2 Å². The topological polar surface area (TPSA) is 58.2 Å². The van der Waals surface area contributed by atoms with Crippen LogP contribution in [-0.2, 0) is 0 Å². The number of amides is 2. The Balaban J connectivity index is 1.79. The Kier molecular flexibility index (Phi) is 5.25. The van der Waals surface area contributed by atoms with Crippen LogP contribution in [0.5, 0.6) is 0 Å². The van der Waals surface area contributed by atoms with Crippen molar-refractivity contribution in [3.63, 3.8) is 0 Å². The van der Waals surface area contributed by atoms with E-state index in [-0.39, 0.29) is 24.6 Å². The van der Waals surface area contributed by atoms with Gasteiger partial charge < -0.3 is 10.6 Å². The molecule has 0 heterocycles. The van der Waals surface area contributed by atoms with Crippen molar-refractivity contribution in [2.45, 2.75) is 6.92 Å². The number of carbonyl (C=O) groups is 2. The van der Waals surface area contributed by atoms with Gasteiger partial charge in [0.2, 0.25) is 0 Å². The largest absolute Gasteiger partial charge is 0.350 e. The predicted octanol–water partition coefficient (Wildman–Crippen LogP) is 2.29. The van der Waals surface area contributed by atoms with E-state index in [1.165, 1.54) is 18.2 Å². The molecule has 0 saturated carbocycles. The van der Waals surface area contributed by atoms with Gasteiger partial charge in [0.1, 0.15) is 5.82 Å². The Hall–Kier alpha value is -2.69. The zero-order chi connectivity index (χ0) is 15.9. The van der Waals surface area contributed by atoms with E-state index in [9.17, 15) is 14.0 Å². The SMILES string of the molecule is Cc1cccc(C(=O)NCCNC(=O)c2ccccc2F)c1. The Labute approximate surface area is 128 Å². The number of nitrogens with one attached hydrogen (secondary N) is 2. The molecule has 114 valence electrons. The molecule has 5 heteroatoms. The van der Waals surface area contributed by atoms with Gasteiger partial charge in [-0.2, -0.15) is 0 Å². The van der Waals surface area contributed by atoms with Gasteiger partial charge in [-0.25, -0.2) is 4.39 Å². The monoisotopic (exact) mass is 300 g/mol. The molecular weight excluding hydrogens is 283 g/mol. The molecular formula is C17H17FN2O2. The third-order valence-corrected chi connectivity index (χ3v) is 3.09. The maximum atomic E-state index is 13.4. The minimum atomic E-state index is -0.566. The lowest BCUT2D eigenvalue weighted by molar-refractivity contribution is 0.0925. The molecule has 0 aliphatic heterocycles. The molecule has 2 aromatic carbocycles. The molecule has 0 bridgehead atoms. The number of hydrogen-bond donors (Lipinski definition) is 2. The van der Waals surface area contributed by atoms with E-state index in [2.05, 4.69) is 10.6 Å². The van der Waals surface area contributed by atoms with E-state index >= 15 is 0 Å². The van der Waals surface area contributed by atoms with Gasteiger partial charge in [-0.15, -0.1) is 0 Å². The summed E-state index contributed by atoms with van der Waals surface area (Å²) in [6, 6.07) is 13.0. The van der Waals surface area contributed by atoms with E-state index in [1.54, 1.807) is 18.2 Å². The second kappa shape index (κ2) is 7.36. The average Bonchev–Trinajstić information content (AvgIpc) is 2.51. The first kappa shape index (κ1) is 15.7. The van der Waals surface area contributed by atoms with Crippen LogP contribution in [0.3, 0.4) is 0 Å². The number of rotatable bonds is 5. The molecule has 0 aliphatic rings.